The Morgan fingerprint density at radius 2 is 2.00 bits per heavy atom. The molecular formula is C18H30ClN3O. The molecule has 2 rings (SSSR count). The number of nitrogens with one attached hydrogen (secondary N) is 2. The van der Waals surface area contributed by atoms with Crippen molar-refractivity contribution in [2.45, 2.75) is 32.6 Å². The maximum absolute atomic E-state index is 12.1. The molecule has 0 aliphatic carbocycles. The highest BCUT2D eigenvalue weighted by Gasteiger charge is 2.13. The second-order valence-corrected chi connectivity index (χ2v) is 6.26. The molecule has 0 radical (unpaired) electrons. The number of aryl methyl sites for hydroxylation is 1. The van der Waals surface area contributed by atoms with Crippen molar-refractivity contribution in [2.75, 3.05) is 39.3 Å². The van der Waals surface area contributed by atoms with Gasteiger partial charge in [0.05, 0.1) is 0 Å². The molecule has 4 nitrogen and oxygen atoms in total. The lowest BCUT2D eigenvalue weighted by molar-refractivity contribution is -0.121. The number of piperazine rings is 1. The first-order valence-corrected chi connectivity index (χ1v) is 8.42. The fraction of sp³-hybridized carbons (Fsp3) is 0.611. The molecule has 2 N–H and O–H groups in total. The van der Waals surface area contributed by atoms with Crippen molar-refractivity contribution in [3.63, 3.8) is 0 Å². The molecule has 1 aliphatic rings. The normalized spacial score (nSPS) is 16.4. The van der Waals surface area contributed by atoms with Crippen molar-refractivity contribution >= 4 is 18.3 Å². The molecule has 1 fully saturated rings. The first-order valence-electron chi connectivity index (χ1n) is 8.42. The number of amides is 1. The number of benzene rings is 1. The highest BCUT2D eigenvalue weighted by Crippen LogP contribution is 2.22. The van der Waals surface area contributed by atoms with Gasteiger partial charge < -0.3 is 15.5 Å². The molecule has 1 saturated heterocycles. The molecule has 1 unspecified atom stereocenters. The smallest absolute Gasteiger partial charge is 0.220 e. The van der Waals surface area contributed by atoms with Crippen LogP contribution in [0.15, 0.2) is 24.3 Å². The molecule has 1 heterocycles. The van der Waals surface area contributed by atoms with E-state index in [-0.39, 0.29) is 24.2 Å². The molecule has 0 spiro atoms. The zero-order chi connectivity index (χ0) is 15.8. The van der Waals surface area contributed by atoms with E-state index >= 15 is 0 Å². The van der Waals surface area contributed by atoms with Crippen LogP contribution in [-0.2, 0) is 4.79 Å². The highest BCUT2D eigenvalue weighted by atomic mass is 35.5. The summed E-state index contributed by atoms with van der Waals surface area (Å²) in [6, 6.07) is 8.32. The SMILES string of the molecule is Cc1ccccc1C(C)CC(=O)NCCCN1CCNCC1.Cl. The molecule has 0 saturated carbocycles. The van der Waals surface area contributed by atoms with Crippen LogP contribution in [0.4, 0.5) is 0 Å². The second kappa shape index (κ2) is 10.6. The van der Waals surface area contributed by atoms with Gasteiger partial charge in [0.15, 0.2) is 0 Å². The standard InChI is InChI=1S/C18H29N3O.ClH/c1-15-6-3-4-7-17(15)16(2)14-18(22)20-8-5-11-21-12-9-19-10-13-21;/h3-4,6-7,16,19H,5,8-14H2,1-2H3,(H,20,22);1H. The van der Waals surface area contributed by atoms with Gasteiger partial charge in [-0.3, -0.25) is 4.79 Å². The fourth-order valence-electron chi connectivity index (χ4n) is 3.07. The first-order chi connectivity index (χ1) is 10.7. The van der Waals surface area contributed by atoms with Gasteiger partial charge in [-0.1, -0.05) is 31.2 Å². The third kappa shape index (κ3) is 6.90. The lowest BCUT2D eigenvalue weighted by Gasteiger charge is -2.27. The Morgan fingerprint density at radius 1 is 1.30 bits per heavy atom. The van der Waals surface area contributed by atoms with Gasteiger partial charge >= 0.3 is 0 Å². The molecule has 1 amide bonds. The summed E-state index contributed by atoms with van der Waals surface area (Å²) in [6.07, 6.45) is 1.60. The Hall–Kier alpha value is -1.10. The quantitative estimate of drug-likeness (QED) is 0.749. The Kier molecular flexibility index (Phi) is 9.22. The number of nitrogens with zero attached hydrogens (tertiary/aromatic N) is 1. The van der Waals surface area contributed by atoms with E-state index < -0.39 is 0 Å². The summed E-state index contributed by atoms with van der Waals surface area (Å²) >= 11 is 0. The van der Waals surface area contributed by atoms with E-state index in [4.69, 9.17) is 0 Å². The van der Waals surface area contributed by atoms with Crippen LogP contribution in [0.25, 0.3) is 0 Å². The Bertz CT molecular complexity index is 475. The zero-order valence-corrected chi connectivity index (χ0v) is 15.1. The summed E-state index contributed by atoms with van der Waals surface area (Å²) in [5, 5.41) is 6.41. The Morgan fingerprint density at radius 3 is 2.70 bits per heavy atom. The van der Waals surface area contributed by atoms with Gasteiger partial charge in [-0.15, -0.1) is 12.4 Å². The van der Waals surface area contributed by atoms with Crippen LogP contribution in [0, 0.1) is 6.92 Å². The van der Waals surface area contributed by atoms with Gasteiger partial charge in [0.1, 0.15) is 0 Å². The monoisotopic (exact) mass is 339 g/mol. The van der Waals surface area contributed by atoms with Crippen LogP contribution in [0.1, 0.15) is 36.8 Å². The third-order valence-corrected chi connectivity index (χ3v) is 4.39. The largest absolute Gasteiger partial charge is 0.356 e. The highest BCUT2D eigenvalue weighted by molar-refractivity contribution is 5.85. The number of carbonyl (C=O) groups excluding carboxylic acids is 1. The predicted molar refractivity (Wildman–Crippen MR) is 98.4 cm³/mol. The Balaban J connectivity index is 0.00000264. The van der Waals surface area contributed by atoms with Crippen LogP contribution in [0.3, 0.4) is 0 Å². The van der Waals surface area contributed by atoms with Crippen LogP contribution < -0.4 is 10.6 Å². The molecule has 0 aromatic heterocycles. The summed E-state index contributed by atoms with van der Waals surface area (Å²) in [6.45, 7) is 10.5. The van der Waals surface area contributed by atoms with E-state index in [0.29, 0.717) is 6.42 Å². The molecule has 1 aromatic rings. The molecular weight excluding hydrogens is 310 g/mol. The van der Waals surface area contributed by atoms with Crippen LogP contribution in [0.5, 0.6) is 0 Å². The molecule has 1 aromatic carbocycles. The lowest BCUT2D eigenvalue weighted by atomic mass is 9.93. The van der Waals surface area contributed by atoms with Gasteiger partial charge in [0, 0.05) is 39.1 Å². The molecule has 1 aliphatic heterocycles. The topological polar surface area (TPSA) is 44.4 Å². The minimum atomic E-state index is 0. The van der Waals surface area contributed by atoms with Crippen molar-refractivity contribution in [3.05, 3.63) is 35.4 Å². The van der Waals surface area contributed by atoms with E-state index in [0.717, 1.165) is 45.7 Å². The average molecular weight is 340 g/mol. The van der Waals surface area contributed by atoms with Crippen LogP contribution >= 0.6 is 12.4 Å². The Labute approximate surface area is 146 Å². The van der Waals surface area contributed by atoms with Gasteiger partial charge in [-0.25, -0.2) is 0 Å². The van der Waals surface area contributed by atoms with Crippen molar-refractivity contribution in [2.24, 2.45) is 0 Å². The third-order valence-electron chi connectivity index (χ3n) is 4.39. The summed E-state index contributed by atoms with van der Waals surface area (Å²) in [7, 11) is 0. The number of halogens is 1. The van der Waals surface area contributed by atoms with Crippen molar-refractivity contribution < 1.29 is 4.79 Å². The van der Waals surface area contributed by atoms with Gasteiger partial charge in [0.2, 0.25) is 5.91 Å². The summed E-state index contributed by atoms with van der Waals surface area (Å²) in [5.74, 6) is 0.436. The maximum atomic E-state index is 12.1. The fourth-order valence-corrected chi connectivity index (χ4v) is 3.07. The van der Waals surface area contributed by atoms with E-state index in [1.807, 2.05) is 12.1 Å². The van der Waals surface area contributed by atoms with Crippen LogP contribution in [-0.4, -0.2) is 50.1 Å². The number of hydrogen-bond donors (Lipinski definition) is 2. The summed E-state index contributed by atoms with van der Waals surface area (Å²) < 4.78 is 0. The lowest BCUT2D eigenvalue weighted by Crippen LogP contribution is -2.44. The number of carbonyl (C=O) groups is 1. The minimum Gasteiger partial charge on any atom is -0.356 e. The van der Waals surface area contributed by atoms with Gasteiger partial charge in [-0.05, 0) is 36.9 Å². The van der Waals surface area contributed by atoms with E-state index in [1.165, 1.54) is 11.1 Å². The van der Waals surface area contributed by atoms with Crippen molar-refractivity contribution in [3.8, 4) is 0 Å². The van der Waals surface area contributed by atoms with Crippen LogP contribution in [0.2, 0.25) is 0 Å². The van der Waals surface area contributed by atoms with Gasteiger partial charge in [0.25, 0.3) is 0 Å². The van der Waals surface area contributed by atoms with E-state index in [1.54, 1.807) is 0 Å². The molecule has 0 bridgehead atoms. The van der Waals surface area contributed by atoms with Crippen molar-refractivity contribution in [1.82, 2.24) is 15.5 Å². The van der Waals surface area contributed by atoms with E-state index in [2.05, 4.69) is 41.5 Å². The zero-order valence-electron chi connectivity index (χ0n) is 14.3. The number of rotatable bonds is 7. The molecule has 23 heavy (non-hydrogen) atoms. The maximum Gasteiger partial charge on any atom is 0.220 e. The molecule has 130 valence electrons. The van der Waals surface area contributed by atoms with Crippen molar-refractivity contribution in [1.29, 1.82) is 0 Å². The predicted octanol–water partition coefficient (Wildman–Crippen LogP) is 2.32. The van der Waals surface area contributed by atoms with E-state index in [9.17, 15) is 4.79 Å². The molecule has 5 heteroatoms. The summed E-state index contributed by atoms with van der Waals surface area (Å²) in [5.41, 5.74) is 2.54. The summed E-state index contributed by atoms with van der Waals surface area (Å²) in [4.78, 5) is 14.5. The average Bonchev–Trinajstić information content (AvgIpc) is 2.53. The molecule has 1 atom stereocenters. The van der Waals surface area contributed by atoms with Gasteiger partial charge in [-0.2, -0.15) is 0 Å². The minimum absolute atomic E-state index is 0. The second-order valence-electron chi connectivity index (χ2n) is 6.26. The number of hydrogen-bond acceptors (Lipinski definition) is 3. The first kappa shape index (κ1) is 19.9.